The van der Waals surface area contributed by atoms with Crippen LogP contribution >= 0.6 is 11.8 Å². The van der Waals surface area contributed by atoms with Crippen molar-refractivity contribution in [3.05, 3.63) is 75.9 Å². The van der Waals surface area contributed by atoms with Gasteiger partial charge in [-0.05, 0) is 36.9 Å². The van der Waals surface area contributed by atoms with Crippen LogP contribution in [0.2, 0.25) is 0 Å². The predicted molar refractivity (Wildman–Crippen MR) is 74.1 cm³/mol. The van der Waals surface area contributed by atoms with Gasteiger partial charge in [-0.1, -0.05) is 42.0 Å². The summed E-state index contributed by atoms with van der Waals surface area (Å²) in [5, 5.41) is -0.109. The van der Waals surface area contributed by atoms with Crippen molar-refractivity contribution in [2.45, 2.75) is 11.8 Å². The molecule has 2 aromatic rings. The molecule has 0 saturated heterocycles. The van der Waals surface area contributed by atoms with Crippen LogP contribution in [0.15, 0.2) is 64.3 Å². The Hall–Kier alpha value is -1.87. The first-order chi connectivity index (χ1) is 8.66. The number of hydrogen-bond donors (Lipinski definition) is 0. The minimum atomic E-state index is -0.133. The van der Waals surface area contributed by atoms with Crippen LogP contribution in [0.1, 0.15) is 15.9 Å². The van der Waals surface area contributed by atoms with Crippen LogP contribution in [0.3, 0.4) is 0 Å². The normalized spacial score (nSPS) is 10.1. The van der Waals surface area contributed by atoms with Crippen molar-refractivity contribution < 1.29 is 4.79 Å². The van der Waals surface area contributed by atoms with E-state index in [2.05, 4.69) is 0 Å². The first-order valence-electron chi connectivity index (χ1n) is 5.55. The van der Waals surface area contributed by atoms with Gasteiger partial charge in [0.1, 0.15) is 0 Å². The molecule has 3 heteroatoms. The summed E-state index contributed by atoms with van der Waals surface area (Å²) in [5.41, 5.74) is 1.51. The molecular formula is C15H12O2S. The molecule has 0 heterocycles. The smallest absolute Gasteiger partial charge is 0.224 e. The van der Waals surface area contributed by atoms with E-state index < -0.39 is 0 Å². The predicted octanol–water partition coefficient (Wildman–Crippen LogP) is 3.29. The Balaban J connectivity index is 2.28. The van der Waals surface area contributed by atoms with Gasteiger partial charge in [0.2, 0.25) is 5.12 Å². The van der Waals surface area contributed by atoms with E-state index in [4.69, 9.17) is 0 Å². The lowest BCUT2D eigenvalue weighted by Crippen LogP contribution is -2.01. The molecule has 0 spiro atoms. The van der Waals surface area contributed by atoms with E-state index in [1.54, 1.807) is 30.3 Å². The highest BCUT2D eigenvalue weighted by atomic mass is 32.2. The first kappa shape index (κ1) is 12.6. The molecule has 0 aromatic heterocycles. The van der Waals surface area contributed by atoms with Crippen LogP contribution in [-0.2, 0) is 0 Å². The zero-order valence-corrected chi connectivity index (χ0v) is 10.7. The number of carbonyl (C=O) groups excluding carboxylic acids is 1. The number of carbonyl (C=O) groups is 1. The van der Waals surface area contributed by atoms with Gasteiger partial charge in [-0.15, -0.1) is 0 Å². The topological polar surface area (TPSA) is 34.1 Å². The maximum absolute atomic E-state index is 12.0. The van der Waals surface area contributed by atoms with Gasteiger partial charge in [0, 0.05) is 5.56 Å². The largest absolute Gasteiger partial charge is 0.289 e. The van der Waals surface area contributed by atoms with Gasteiger partial charge in [0.15, 0.2) is 5.43 Å². The van der Waals surface area contributed by atoms with Gasteiger partial charge in [0.05, 0.1) is 4.90 Å². The Morgan fingerprint density at radius 1 is 1.00 bits per heavy atom. The van der Waals surface area contributed by atoms with E-state index in [0.29, 0.717) is 10.5 Å². The van der Waals surface area contributed by atoms with Gasteiger partial charge in [-0.3, -0.25) is 9.59 Å². The molecule has 0 atom stereocenters. The molecule has 0 radical (unpaired) electrons. The Morgan fingerprint density at radius 2 is 1.78 bits per heavy atom. The lowest BCUT2D eigenvalue weighted by molar-refractivity contribution is 0.108. The van der Waals surface area contributed by atoms with Crippen LogP contribution < -0.4 is 5.43 Å². The lowest BCUT2D eigenvalue weighted by Gasteiger charge is -2.00. The quantitative estimate of drug-likeness (QED) is 0.773. The van der Waals surface area contributed by atoms with E-state index >= 15 is 0 Å². The molecule has 0 aliphatic rings. The molecule has 0 aliphatic carbocycles. The summed E-state index contributed by atoms with van der Waals surface area (Å²) in [6, 6.07) is 15.7. The SMILES string of the molecule is Cc1cccc(C(=O)Sc2cccccc2=O)c1. The zero-order chi connectivity index (χ0) is 13.0. The Labute approximate surface area is 110 Å². The van der Waals surface area contributed by atoms with Crippen molar-refractivity contribution in [2.24, 2.45) is 0 Å². The summed E-state index contributed by atoms with van der Waals surface area (Å²) in [7, 11) is 0. The van der Waals surface area contributed by atoms with Crippen LogP contribution in [0.5, 0.6) is 0 Å². The van der Waals surface area contributed by atoms with E-state index in [1.165, 1.54) is 6.07 Å². The minimum absolute atomic E-state index is 0.109. The molecular weight excluding hydrogens is 244 g/mol. The van der Waals surface area contributed by atoms with Gasteiger partial charge < -0.3 is 0 Å². The standard InChI is InChI=1S/C15H12O2S/c1-11-6-5-7-12(10-11)15(17)18-14-9-4-2-3-8-13(14)16/h2-10H,1H3. The summed E-state index contributed by atoms with van der Waals surface area (Å²) < 4.78 is 0. The minimum Gasteiger partial charge on any atom is -0.289 e. The van der Waals surface area contributed by atoms with Crippen LogP contribution in [0.25, 0.3) is 0 Å². The molecule has 0 bridgehead atoms. The fourth-order valence-electron chi connectivity index (χ4n) is 1.53. The number of rotatable bonds is 2. The van der Waals surface area contributed by atoms with Crippen molar-refractivity contribution >= 4 is 16.9 Å². The molecule has 0 saturated carbocycles. The van der Waals surface area contributed by atoms with Gasteiger partial charge >= 0.3 is 0 Å². The van der Waals surface area contributed by atoms with Crippen molar-refractivity contribution in [1.29, 1.82) is 0 Å². The lowest BCUT2D eigenvalue weighted by atomic mass is 10.2. The summed E-state index contributed by atoms with van der Waals surface area (Å²) >= 11 is 0.974. The summed E-state index contributed by atoms with van der Waals surface area (Å²) in [4.78, 5) is 24.2. The zero-order valence-electron chi connectivity index (χ0n) is 9.92. The highest BCUT2D eigenvalue weighted by Crippen LogP contribution is 2.19. The van der Waals surface area contributed by atoms with Crippen molar-refractivity contribution in [1.82, 2.24) is 0 Å². The van der Waals surface area contributed by atoms with Gasteiger partial charge in [-0.25, -0.2) is 0 Å². The van der Waals surface area contributed by atoms with Crippen molar-refractivity contribution in [2.75, 3.05) is 0 Å². The van der Waals surface area contributed by atoms with Crippen LogP contribution in [0.4, 0.5) is 0 Å². The monoisotopic (exact) mass is 256 g/mol. The van der Waals surface area contributed by atoms with E-state index in [9.17, 15) is 9.59 Å². The molecule has 0 unspecified atom stereocenters. The average Bonchev–Trinajstić information content (AvgIpc) is 2.55. The van der Waals surface area contributed by atoms with Gasteiger partial charge in [-0.2, -0.15) is 0 Å². The van der Waals surface area contributed by atoms with Crippen LogP contribution in [-0.4, -0.2) is 5.12 Å². The molecule has 18 heavy (non-hydrogen) atoms. The third kappa shape index (κ3) is 3.08. The molecule has 2 rings (SSSR count). The van der Waals surface area contributed by atoms with Gasteiger partial charge in [0.25, 0.3) is 0 Å². The molecule has 0 fully saturated rings. The van der Waals surface area contributed by atoms with E-state index in [1.807, 2.05) is 25.1 Å². The first-order valence-corrected chi connectivity index (χ1v) is 6.37. The average molecular weight is 256 g/mol. The van der Waals surface area contributed by atoms with Crippen LogP contribution in [0, 0.1) is 6.92 Å². The molecule has 2 nitrogen and oxygen atoms in total. The number of hydrogen-bond acceptors (Lipinski definition) is 3. The molecule has 0 aliphatic heterocycles. The third-order valence-corrected chi connectivity index (χ3v) is 3.39. The molecule has 2 aromatic carbocycles. The third-order valence-electron chi connectivity index (χ3n) is 2.42. The number of benzene rings is 1. The Bertz CT molecular complexity index is 635. The summed E-state index contributed by atoms with van der Waals surface area (Å²) in [5.74, 6) is 0. The number of thioether (sulfide) groups is 1. The fourth-order valence-corrected chi connectivity index (χ4v) is 2.29. The second kappa shape index (κ2) is 5.65. The van der Waals surface area contributed by atoms with Crippen molar-refractivity contribution in [3.8, 4) is 0 Å². The highest BCUT2D eigenvalue weighted by Gasteiger charge is 2.09. The summed E-state index contributed by atoms with van der Waals surface area (Å²) in [6.45, 7) is 1.93. The maximum Gasteiger partial charge on any atom is 0.224 e. The fraction of sp³-hybridized carbons (Fsp3) is 0.0667. The second-order valence-corrected chi connectivity index (χ2v) is 4.91. The molecule has 0 N–H and O–H groups in total. The Morgan fingerprint density at radius 3 is 2.56 bits per heavy atom. The number of aryl methyl sites for hydroxylation is 1. The molecule has 90 valence electrons. The summed E-state index contributed by atoms with van der Waals surface area (Å²) in [6.07, 6.45) is 0. The highest BCUT2D eigenvalue weighted by molar-refractivity contribution is 8.14. The van der Waals surface area contributed by atoms with E-state index in [-0.39, 0.29) is 10.5 Å². The Kier molecular flexibility index (Phi) is 3.95. The molecule has 0 amide bonds. The van der Waals surface area contributed by atoms with Crippen molar-refractivity contribution in [3.63, 3.8) is 0 Å². The second-order valence-electron chi connectivity index (χ2n) is 3.90. The van der Waals surface area contributed by atoms with E-state index in [0.717, 1.165) is 17.3 Å². The maximum atomic E-state index is 12.0.